The van der Waals surface area contributed by atoms with Crippen LogP contribution in [0.1, 0.15) is 52.7 Å². The number of nitrogens with zero attached hydrogens (tertiary/aromatic N) is 1. The average molecular weight is 273 g/mol. The van der Waals surface area contributed by atoms with Gasteiger partial charge in [-0.1, -0.05) is 40.5 Å². The van der Waals surface area contributed by atoms with E-state index in [0.717, 1.165) is 18.6 Å². The molecule has 1 rings (SSSR count). The maximum Gasteiger partial charge on any atom is 0.301 e. The lowest BCUT2D eigenvalue weighted by molar-refractivity contribution is -0.116. The highest BCUT2D eigenvalue weighted by Gasteiger charge is 2.21. The highest BCUT2D eigenvalue weighted by molar-refractivity contribution is 6.32. The van der Waals surface area contributed by atoms with Crippen LogP contribution < -0.4 is 5.32 Å². The van der Waals surface area contributed by atoms with Gasteiger partial charge in [0, 0.05) is 5.41 Å². The molecule has 0 unspecified atom stereocenters. The van der Waals surface area contributed by atoms with Gasteiger partial charge in [-0.05, 0) is 6.42 Å². The van der Waals surface area contributed by atoms with Crippen molar-refractivity contribution in [2.45, 2.75) is 57.7 Å². The molecule has 0 aliphatic rings. The van der Waals surface area contributed by atoms with Gasteiger partial charge < -0.3 is 4.42 Å². The Bertz CT molecular complexity index is 396. The van der Waals surface area contributed by atoms with Crippen molar-refractivity contribution in [3.05, 3.63) is 12.0 Å². The molecule has 0 spiro atoms. The van der Waals surface area contributed by atoms with Crippen molar-refractivity contribution in [2.24, 2.45) is 0 Å². The fourth-order valence-electron chi connectivity index (χ4n) is 1.38. The van der Waals surface area contributed by atoms with Gasteiger partial charge in [-0.15, -0.1) is 11.6 Å². The van der Waals surface area contributed by atoms with Crippen LogP contribution in [0.15, 0.2) is 10.6 Å². The van der Waals surface area contributed by atoms with Crippen molar-refractivity contribution in [1.82, 2.24) is 4.98 Å². The summed E-state index contributed by atoms with van der Waals surface area (Å²) in [5, 5.41) is 2.06. The molecule has 0 saturated heterocycles. The number of rotatable bonds is 5. The minimum Gasteiger partial charge on any atom is -0.428 e. The van der Waals surface area contributed by atoms with Gasteiger partial charge in [0.1, 0.15) is 11.1 Å². The Kier molecular flexibility index (Phi) is 5.20. The second-order valence-corrected chi connectivity index (χ2v) is 5.91. The van der Waals surface area contributed by atoms with Crippen molar-refractivity contribution in [2.75, 3.05) is 5.32 Å². The number of halogens is 1. The minimum atomic E-state index is -0.532. The Labute approximate surface area is 113 Å². The summed E-state index contributed by atoms with van der Waals surface area (Å²) in [7, 11) is 0. The lowest BCUT2D eigenvalue weighted by Crippen LogP contribution is -2.23. The second kappa shape index (κ2) is 6.23. The van der Waals surface area contributed by atoms with Crippen LogP contribution in [0.3, 0.4) is 0 Å². The number of hydrogen-bond donors (Lipinski definition) is 1. The maximum absolute atomic E-state index is 11.7. The van der Waals surface area contributed by atoms with E-state index < -0.39 is 5.38 Å². The van der Waals surface area contributed by atoms with E-state index in [1.165, 1.54) is 0 Å². The van der Waals surface area contributed by atoms with Crippen molar-refractivity contribution in [3.8, 4) is 0 Å². The van der Waals surface area contributed by atoms with Crippen LogP contribution in [0, 0.1) is 0 Å². The fraction of sp³-hybridized carbons (Fsp3) is 0.692. The van der Waals surface area contributed by atoms with Crippen molar-refractivity contribution < 1.29 is 9.21 Å². The number of oxazole rings is 1. The number of unbranched alkanes of at least 4 members (excludes halogenated alkanes) is 1. The Balaban J connectivity index is 2.57. The number of nitrogens with one attached hydrogen (secondary N) is 1. The van der Waals surface area contributed by atoms with E-state index in [9.17, 15) is 4.79 Å². The molecule has 0 saturated carbocycles. The SMILES string of the molecule is CCCC[C@H](Cl)C(=O)Nc1ncc(C(C)(C)C)o1. The van der Waals surface area contributed by atoms with Crippen molar-refractivity contribution in [1.29, 1.82) is 0 Å². The van der Waals surface area contributed by atoms with Gasteiger partial charge in [0.05, 0.1) is 6.20 Å². The van der Waals surface area contributed by atoms with Crippen LogP contribution >= 0.6 is 11.6 Å². The Morgan fingerprint density at radius 2 is 2.22 bits per heavy atom. The van der Waals surface area contributed by atoms with Gasteiger partial charge in [0.2, 0.25) is 5.91 Å². The average Bonchev–Trinajstić information content (AvgIpc) is 2.73. The quantitative estimate of drug-likeness (QED) is 0.832. The fourth-order valence-corrected chi connectivity index (χ4v) is 1.59. The molecule has 18 heavy (non-hydrogen) atoms. The number of carbonyl (C=O) groups excluding carboxylic acids is 1. The van der Waals surface area contributed by atoms with E-state index in [-0.39, 0.29) is 17.3 Å². The zero-order valence-corrected chi connectivity index (χ0v) is 12.2. The molecule has 1 aromatic rings. The zero-order valence-electron chi connectivity index (χ0n) is 11.4. The van der Waals surface area contributed by atoms with Crippen LogP contribution in [-0.2, 0) is 10.2 Å². The highest BCUT2D eigenvalue weighted by Crippen LogP contribution is 2.24. The molecule has 102 valence electrons. The van der Waals surface area contributed by atoms with Crippen LogP contribution in [0.25, 0.3) is 0 Å². The molecule has 5 heteroatoms. The van der Waals surface area contributed by atoms with Gasteiger partial charge in [-0.2, -0.15) is 0 Å². The number of aromatic nitrogens is 1. The molecular weight excluding hydrogens is 252 g/mol. The van der Waals surface area contributed by atoms with Crippen LogP contribution in [0.5, 0.6) is 0 Å². The zero-order chi connectivity index (χ0) is 13.8. The first-order chi connectivity index (χ1) is 8.34. The van der Waals surface area contributed by atoms with Gasteiger partial charge in [-0.25, -0.2) is 4.98 Å². The first-order valence-corrected chi connectivity index (χ1v) is 6.69. The third-order valence-corrected chi connectivity index (χ3v) is 2.99. The van der Waals surface area contributed by atoms with Crippen LogP contribution in [0.4, 0.5) is 6.01 Å². The molecule has 0 aliphatic heterocycles. The van der Waals surface area contributed by atoms with E-state index in [2.05, 4.69) is 17.2 Å². The van der Waals surface area contributed by atoms with E-state index >= 15 is 0 Å². The molecule has 0 fully saturated rings. The van der Waals surface area contributed by atoms with Gasteiger partial charge in [0.25, 0.3) is 0 Å². The molecule has 1 amide bonds. The van der Waals surface area contributed by atoms with E-state index in [1.807, 2.05) is 20.8 Å². The Hall–Kier alpha value is -1.03. The summed E-state index contributed by atoms with van der Waals surface area (Å²) in [4.78, 5) is 15.8. The molecule has 1 heterocycles. The lowest BCUT2D eigenvalue weighted by Gasteiger charge is -2.13. The minimum absolute atomic E-state index is 0.126. The summed E-state index contributed by atoms with van der Waals surface area (Å²) in [5.41, 5.74) is -0.126. The number of alkyl halides is 1. The largest absolute Gasteiger partial charge is 0.428 e. The molecule has 0 radical (unpaired) electrons. The summed E-state index contributed by atoms with van der Waals surface area (Å²) in [6.07, 6.45) is 4.24. The van der Waals surface area contributed by atoms with Crippen molar-refractivity contribution in [3.63, 3.8) is 0 Å². The first kappa shape index (κ1) is 15.0. The van der Waals surface area contributed by atoms with Gasteiger partial charge in [-0.3, -0.25) is 10.1 Å². The summed E-state index contributed by atoms with van der Waals surface area (Å²) in [6.45, 7) is 8.12. The van der Waals surface area contributed by atoms with Crippen molar-refractivity contribution >= 4 is 23.5 Å². The van der Waals surface area contributed by atoms with Gasteiger partial charge in [0.15, 0.2) is 0 Å². The monoisotopic (exact) mass is 272 g/mol. The standard InChI is InChI=1S/C13H21ClN2O2/c1-5-6-7-9(14)11(17)16-12-15-8-10(18-12)13(2,3)4/h8-9H,5-7H2,1-4H3,(H,15,16,17)/t9-/m0/s1. The third-order valence-electron chi connectivity index (χ3n) is 2.57. The molecule has 4 nitrogen and oxygen atoms in total. The normalized spacial score (nSPS) is 13.4. The lowest BCUT2D eigenvalue weighted by atomic mass is 9.94. The summed E-state index contributed by atoms with van der Waals surface area (Å²) in [6, 6.07) is 0.215. The Morgan fingerprint density at radius 3 is 2.72 bits per heavy atom. The number of anilines is 1. The summed E-state index contributed by atoms with van der Waals surface area (Å²) >= 11 is 5.98. The molecule has 1 atom stereocenters. The predicted molar refractivity (Wildman–Crippen MR) is 73.0 cm³/mol. The third kappa shape index (κ3) is 4.33. The first-order valence-electron chi connectivity index (χ1n) is 6.26. The molecule has 0 aromatic carbocycles. The summed E-state index contributed by atoms with van der Waals surface area (Å²) < 4.78 is 5.47. The smallest absolute Gasteiger partial charge is 0.301 e. The maximum atomic E-state index is 11.7. The predicted octanol–water partition coefficient (Wildman–Crippen LogP) is 3.71. The number of amides is 1. The second-order valence-electron chi connectivity index (χ2n) is 5.38. The summed E-state index contributed by atoms with van der Waals surface area (Å²) in [5.74, 6) is 0.477. The number of hydrogen-bond acceptors (Lipinski definition) is 3. The molecular formula is C13H21ClN2O2. The molecule has 0 aliphatic carbocycles. The topological polar surface area (TPSA) is 55.1 Å². The van der Waals surface area contributed by atoms with E-state index in [1.54, 1.807) is 6.20 Å². The van der Waals surface area contributed by atoms with Gasteiger partial charge >= 0.3 is 6.01 Å². The molecule has 1 N–H and O–H groups in total. The van der Waals surface area contributed by atoms with Crippen LogP contribution in [-0.4, -0.2) is 16.3 Å². The molecule has 0 bridgehead atoms. The molecule has 1 aromatic heterocycles. The van der Waals surface area contributed by atoms with Crippen LogP contribution in [0.2, 0.25) is 0 Å². The Morgan fingerprint density at radius 1 is 1.56 bits per heavy atom. The highest BCUT2D eigenvalue weighted by atomic mass is 35.5. The van der Waals surface area contributed by atoms with E-state index in [4.69, 9.17) is 16.0 Å². The van der Waals surface area contributed by atoms with E-state index in [0.29, 0.717) is 6.42 Å². The number of carbonyl (C=O) groups is 1.